The lowest BCUT2D eigenvalue weighted by atomic mass is 10.1. The van der Waals surface area contributed by atoms with Crippen molar-refractivity contribution in [2.45, 2.75) is 44.8 Å². The molecular weight excluding hydrogens is 486 g/mol. The smallest absolute Gasteiger partial charge is 0.408 e. The Kier molecular flexibility index (Phi) is 10.4. The summed E-state index contributed by atoms with van der Waals surface area (Å²) in [6.07, 6.45) is -0.743. The van der Waals surface area contributed by atoms with Crippen molar-refractivity contribution >= 4 is 17.9 Å². The molecule has 1 atom stereocenters. The average Bonchev–Trinajstić information content (AvgIpc) is 2.82. The van der Waals surface area contributed by atoms with Crippen molar-refractivity contribution in [3.05, 3.63) is 47.5 Å². The lowest BCUT2D eigenvalue weighted by Crippen LogP contribution is -2.51. The third-order valence-corrected chi connectivity index (χ3v) is 5.28. The van der Waals surface area contributed by atoms with E-state index in [9.17, 15) is 39.9 Å². The van der Waals surface area contributed by atoms with Crippen LogP contribution >= 0.6 is 0 Å². The zero-order valence-electron chi connectivity index (χ0n) is 20.7. The van der Waals surface area contributed by atoms with Crippen LogP contribution < -0.4 is 16.0 Å². The van der Waals surface area contributed by atoms with Crippen molar-refractivity contribution in [2.24, 2.45) is 0 Å². The molecule has 8 N–H and O–H groups in total. The van der Waals surface area contributed by atoms with E-state index in [1.165, 1.54) is 38.1 Å². The number of aromatic hydroxyl groups is 4. The van der Waals surface area contributed by atoms with Gasteiger partial charge in [0, 0.05) is 13.1 Å². The minimum atomic E-state index is -1.28. The van der Waals surface area contributed by atoms with Crippen molar-refractivity contribution in [3.63, 3.8) is 0 Å². The summed E-state index contributed by atoms with van der Waals surface area (Å²) in [5, 5.41) is 54.8. The maximum atomic E-state index is 12.8. The molecule has 0 aliphatic carbocycles. The quantitative estimate of drug-likeness (QED) is 0.187. The van der Waals surface area contributed by atoms with Gasteiger partial charge < -0.3 is 46.2 Å². The molecule has 3 amide bonds. The van der Waals surface area contributed by atoms with Crippen LogP contribution in [0.5, 0.6) is 23.0 Å². The molecular formula is C25H33N3O9. The van der Waals surface area contributed by atoms with Crippen LogP contribution in [0.25, 0.3) is 0 Å². The second-order valence-electron chi connectivity index (χ2n) is 9.00. The van der Waals surface area contributed by atoms with Gasteiger partial charge in [0.05, 0.1) is 13.0 Å². The van der Waals surface area contributed by atoms with Crippen molar-refractivity contribution in [1.82, 2.24) is 16.0 Å². The standard InChI is InChI=1S/C25H33N3O9/c1-25(2,14-29)37-24(36)28-17(23(35)27-10-8-16-4-6-19(31)21(33)12-16)13-22(34)26-9-7-15-3-5-18(30)20(32)11-15/h3-6,11-12,17,29-33H,7-10,13-14H2,1-2H3,(H,26,34)(H,27,35)(H,28,36). The zero-order valence-corrected chi connectivity index (χ0v) is 20.7. The SMILES string of the molecule is CC(C)(CO)OC(=O)NC(CC(=O)NCCc1ccc(O)c(O)c1)C(=O)NCCc1ccc(O)c(O)c1. The van der Waals surface area contributed by atoms with Gasteiger partial charge in [-0.2, -0.15) is 0 Å². The maximum absolute atomic E-state index is 12.8. The number of phenolic OH excluding ortho intramolecular Hbond substituents is 4. The van der Waals surface area contributed by atoms with Gasteiger partial charge in [0.1, 0.15) is 11.6 Å². The number of carbonyl (C=O) groups excluding carboxylic acids is 3. The predicted molar refractivity (Wildman–Crippen MR) is 132 cm³/mol. The van der Waals surface area contributed by atoms with E-state index in [-0.39, 0.29) is 36.1 Å². The van der Waals surface area contributed by atoms with Crippen LogP contribution in [0.4, 0.5) is 4.79 Å². The highest BCUT2D eigenvalue weighted by atomic mass is 16.6. The topological polar surface area (TPSA) is 198 Å². The molecule has 2 rings (SSSR count). The summed E-state index contributed by atoms with van der Waals surface area (Å²) in [5.74, 6) is -2.29. The highest BCUT2D eigenvalue weighted by Crippen LogP contribution is 2.25. The van der Waals surface area contributed by atoms with E-state index in [1.807, 2.05) is 0 Å². The van der Waals surface area contributed by atoms with Gasteiger partial charge in [-0.05, 0) is 62.1 Å². The molecule has 0 heterocycles. The second-order valence-corrected chi connectivity index (χ2v) is 9.00. The summed E-state index contributed by atoms with van der Waals surface area (Å²) < 4.78 is 5.10. The van der Waals surface area contributed by atoms with E-state index in [2.05, 4.69) is 16.0 Å². The lowest BCUT2D eigenvalue weighted by molar-refractivity contribution is -0.128. The Balaban J connectivity index is 1.96. The Morgan fingerprint density at radius 3 is 1.84 bits per heavy atom. The predicted octanol–water partition coefficient (Wildman–Crippen LogP) is 0.782. The van der Waals surface area contributed by atoms with Gasteiger partial charge in [-0.3, -0.25) is 9.59 Å². The first-order valence-electron chi connectivity index (χ1n) is 11.6. The zero-order chi connectivity index (χ0) is 27.6. The molecule has 202 valence electrons. The largest absolute Gasteiger partial charge is 0.504 e. The number of phenols is 4. The minimum Gasteiger partial charge on any atom is -0.504 e. The monoisotopic (exact) mass is 519 g/mol. The Morgan fingerprint density at radius 2 is 1.35 bits per heavy atom. The van der Waals surface area contributed by atoms with E-state index in [1.54, 1.807) is 12.1 Å². The van der Waals surface area contributed by atoms with Crippen molar-refractivity contribution in [2.75, 3.05) is 19.7 Å². The number of aliphatic hydroxyl groups is 1. The number of amides is 3. The van der Waals surface area contributed by atoms with Gasteiger partial charge in [-0.15, -0.1) is 0 Å². The van der Waals surface area contributed by atoms with E-state index in [4.69, 9.17) is 4.74 Å². The number of benzene rings is 2. The number of alkyl carbamates (subject to hydrolysis) is 1. The van der Waals surface area contributed by atoms with Gasteiger partial charge >= 0.3 is 6.09 Å². The normalized spacial score (nSPS) is 11.9. The highest BCUT2D eigenvalue weighted by Gasteiger charge is 2.28. The van der Waals surface area contributed by atoms with Crippen molar-refractivity contribution in [3.8, 4) is 23.0 Å². The molecule has 0 aliphatic rings. The van der Waals surface area contributed by atoms with Crippen LogP contribution in [0.15, 0.2) is 36.4 Å². The van der Waals surface area contributed by atoms with E-state index in [0.717, 1.165) is 0 Å². The van der Waals surface area contributed by atoms with Crippen molar-refractivity contribution in [1.29, 1.82) is 0 Å². The molecule has 0 fully saturated rings. The fourth-order valence-electron chi connectivity index (χ4n) is 3.17. The molecule has 12 heteroatoms. The molecule has 0 aliphatic heterocycles. The Bertz CT molecular complexity index is 1100. The molecule has 2 aromatic carbocycles. The van der Waals surface area contributed by atoms with Gasteiger partial charge in [0.25, 0.3) is 0 Å². The van der Waals surface area contributed by atoms with Crippen LogP contribution in [-0.2, 0) is 27.2 Å². The maximum Gasteiger partial charge on any atom is 0.408 e. The van der Waals surface area contributed by atoms with Gasteiger partial charge in [-0.25, -0.2) is 4.79 Å². The molecule has 0 spiro atoms. The molecule has 0 saturated heterocycles. The van der Waals surface area contributed by atoms with Gasteiger partial charge in [0.2, 0.25) is 11.8 Å². The molecule has 37 heavy (non-hydrogen) atoms. The van der Waals surface area contributed by atoms with Crippen LogP contribution in [0.1, 0.15) is 31.4 Å². The summed E-state index contributed by atoms with van der Waals surface area (Å²) in [4.78, 5) is 37.6. The third kappa shape index (κ3) is 9.76. The van der Waals surface area contributed by atoms with Crippen LogP contribution in [0.3, 0.4) is 0 Å². The first-order valence-corrected chi connectivity index (χ1v) is 11.6. The molecule has 1 unspecified atom stereocenters. The van der Waals surface area contributed by atoms with E-state index < -0.39 is 42.6 Å². The number of hydrogen-bond donors (Lipinski definition) is 8. The van der Waals surface area contributed by atoms with Crippen molar-refractivity contribution < 1.29 is 44.7 Å². The third-order valence-electron chi connectivity index (χ3n) is 5.28. The summed E-state index contributed by atoms with van der Waals surface area (Å²) in [7, 11) is 0. The molecule has 2 aromatic rings. The Hall–Kier alpha value is -4.19. The highest BCUT2D eigenvalue weighted by molar-refractivity contribution is 5.90. The summed E-state index contributed by atoms with van der Waals surface area (Å²) >= 11 is 0. The summed E-state index contributed by atoms with van der Waals surface area (Å²) in [6.45, 7) is 2.78. The lowest BCUT2D eigenvalue weighted by Gasteiger charge is -2.24. The van der Waals surface area contributed by atoms with Crippen LogP contribution in [0.2, 0.25) is 0 Å². The number of ether oxygens (including phenoxy) is 1. The van der Waals surface area contributed by atoms with E-state index >= 15 is 0 Å². The Morgan fingerprint density at radius 1 is 0.838 bits per heavy atom. The molecule has 0 radical (unpaired) electrons. The fraction of sp³-hybridized carbons (Fsp3) is 0.400. The summed E-state index contributed by atoms with van der Waals surface area (Å²) in [6, 6.07) is 7.25. The number of carbonyl (C=O) groups is 3. The number of aliphatic hydroxyl groups excluding tert-OH is 1. The fourth-order valence-corrected chi connectivity index (χ4v) is 3.17. The molecule has 0 aromatic heterocycles. The van der Waals surface area contributed by atoms with E-state index in [0.29, 0.717) is 24.0 Å². The number of hydrogen-bond acceptors (Lipinski definition) is 9. The molecule has 12 nitrogen and oxygen atoms in total. The van der Waals surface area contributed by atoms with Gasteiger partial charge in [-0.1, -0.05) is 12.1 Å². The number of rotatable bonds is 12. The summed E-state index contributed by atoms with van der Waals surface area (Å²) in [5.41, 5.74) is 0.101. The van der Waals surface area contributed by atoms with Crippen LogP contribution in [-0.4, -0.2) is 74.8 Å². The first-order chi connectivity index (χ1) is 17.4. The first kappa shape index (κ1) is 29.0. The Labute approximate surface area is 213 Å². The molecule has 0 saturated carbocycles. The average molecular weight is 520 g/mol. The number of nitrogens with one attached hydrogen (secondary N) is 3. The second kappa shape index (κ2) is 13.2. The van der Waals surface area contributed by atoms with Crippen LogP contribution in [0, 0.1) is 0 Å². The minimum absolute atomic E-state index is 0.115. The van der Waals surface area contributed by atoms with Gasteiger partial charge in [0.15, 0.2) is 23.0 Å². The molecule has 0 bridgehead atoms.